The molecule has 14 heavy (non-hydrogen) atoms. The van der Waals surface area contributed by atoms with E-state index in [4.69, 9.17) is 0 Å². The summed E-state index contributed by atoms with van der Waals surface area (Å²) in [5, 5.41) is 0. The van der Waals surface area contributed by atoms with Gasteiger partial charge in [-0.3, -0.25) is 4.79 Å². The minimum absolute atomic E-state index is 0.200. The lowest BCUT2D eigenvalue weighted by Crippen LogP contribution is -2.11. The van der Waals surface area contributed by atoms with Gasteiger partial charge in [-0.25, -0.2) is 0 Å². The molecule has 0 aromatic heterocycles. The van der Waals surface area contributed by atoms with Crippen molar-refractivity contribution in [3.63, 3.8) is 0 Å². The number of Topliss-reactive ketones (excluding diaryl/α,β-unsaturated/α-hetero) is 1. The van der Waals surface area contributed by atoms with Crippen LogP contribution in [-0.2, 0) is 4.79 Å². The zero-order chi connectivity index (χ0) is 10.4. The lowest BCUT2D eigenvalue weighted by atomic mass is 10.1. The molecule has 0 amide bonds. The smallest absolute Gasteiger partial charge is 0.145 e. The number of hydrogen-bond acceptors (Lipinski definition) is 2. The van der Waals surface area contributed by atoms with Gasteiger partial charge in [-0.15, -0.1) is 11.8 Å². The third-order valence-corrected chi connectivity index (χ3v) is 3.32. The van der Waals surface area contributed by atoms with Crippen LogP contribution in [0.15, 0.2) is 35.2 Å². The summed E-state index contributed by atoms with van der Waals surface area (Å²) in [4.78, 5) is 12.7. The number of thioether (sulfide) groups is 1. The van der Waals surface area contributed by atoms with Crippen LogP contribution in [0.3, 0.4) is 0 Å². The second-order valence-corrected chi connectivity index (χ2v) is 4.43. The zero-order valence-corrected chi connectivity index (χ0v) is 9.51. The Morgan fingerprint density at radius 2 is 2.00 bits per heavy atom. The molecular formula is C12H16OS. The highest BCUT2D eigenvalue weighted by Gasteiger charge is 2.10. The number of hydrogen-bond donors (Lipinski definition) is 0. The summed E-state index contributed by atoms with van der Waals surface area (Å²) >= 11 is 1.62. The van der Waals surface area contributed by atoms with E-state index in [2.05, 4.69) is 6.92 Å². The Morgan fingerprint density at radius 3 is 2.57 bits per heavy atom. The van der Waals surface area contributed by atoms with Crippen LogP contribution in [-0.4, -0.2) is 11.5 Å². The van der Waals surface area contributed by atoms with Gasteiger partial charge in [0.05, 0.1) is 5.75 Å². The van der Waals surface area contributed by atoms with Gasteiger partial charge in [-0.1, -0.05) is 32.0 Å². The summed E-state index contributed by atoms with van der Waals surface area (Å²) in [6.45, 7) is 4.05. The monoisotopic (exact) mass is 208 g/mol. The Kier molecular flexibility index (Phi) is 4.74. The van der Waals surface area contributed by atoms with Gasteiger partial charge in [0.1, 0.15) is 5.78 Å². The number of benzene rings is 1. The normalized spacial score (nSPS) is 12.4. The van der Waals surface area contributed by atoms with Crippen LogP contribution >= 0.6 is 11.8 Å². The van der Waals surface area contributed by atoms with Crippen LogP contribution in [0.4, 0.5) is 0 Å². The maximum Gasteiger partial charge on any atom is 0.145 e. The molecule has 0 aliphatic carbocycles. The minimum Gasteiger partial charge on any atom is -0.298 e. The number of carbonyl (C=O) groups is 1. The Labute approximate surface area is 89.9 Å². The van der Waals surface area contributed by atoms with Crippen LogP contribution in [0.25, 0.3) is 0 Å². The molecule has 2 heteroatoms. The largest absolute Gasteiger partial charge is 0.298 e. The second-order valence-electron chi connectivity index (χ2n) is 3.38. The molecule has 0 N–H and O–H groups in total. The quantitative estimate of drug-likeness (QED) is 0.690. The van der Waals surface area contributed by atoms with Crippen molar-refractivity contribution in [1.82, 2.24) is 0 Å². The van der Waals surface area contributed by atoms with Crippen LogP contribution < -0.4 is 0 Å². The van der Waals surface area contributed by atoms with Crippen LogP contribution in [0, 0.1) is 5.92 Å². The summed E-state index contributed by atoms with van der Waals surface area (Å²) in [6, 6.07) is 10.1. The molecule has 1 unspecified atom stereocenters. The number of rotatable bonds is 5. The maximum atomic E-state index is 11.5. The van der Waals surface area contributed by atoms with E-state index in [1.807, 2.05) is 37.3 Å². The van der Waals surface area contributed by atoms with Gasteiger partial charge in [-0.05, 0) is 18.6 Å². The van der Waals surface area contributed by atoms with Gasteiger partial charge in [-0.2, -0.15) is 0 Å². The van der Waals surface area contributed by atoms with Crippen molar-refractivity contribution < 1.29 is 4.79 Å². The van der Waals surface area contributed by atoms with E-state index >= 15 is 0 Å². The lowest BCUT2D eigenvalue weighted by Gasteiger charge is -2.06. The summed E-state index contributed by atoms with van der Waals surface area (Å²) in [6.07, 6.45) is 0.939. The first kappa shape index (κ1) is 11.3. The average Bonchev–Trinajstić information content (AvgIpc) is 2.26. The third kappa shape index (κ3) is 3.54. The molecular weight excluding hydrogens is 192 g/mol. The van der Waals surface area contributed by atoms with Gasteiger partial charge in [0.15, 0.2) is 0 Å². The van der Waals surface area contributed by atoms with Crippen molar-refractivity contribution in [2.45, 2.75) is 25.2 Å². The first-order valence-corrected chi connectivity index (χ1v) is 5.93. The SMILES string of the molecule is CCC(C)C(=O)CSc1ccccc1. The number of ketones is 1. The predicted octanol–water partition coefficient (Wildman–Crippen LogP) is 3.39. The van der Waals surface area contributed by atoms with E-state index in [0.717, 1.165) is 6.42 Å². The summed E-state index contributed by atoms with van der Waals surface area (Å²) in [5.41, 5.74) is 0. The van der Waals surface area contributed by atoms with Crippen LogP contribution in [0.5, 0.6) is 0 Å². The van der Waals surface area contributed by atoms with Gasteiger partial charge in [0, 0.05) is 10.8 Å². The van der Waals surface area contributed by atoms with Gasteiger partial charge in [0.2, 0.25) is 0 Å². The Morgan fingerprint density at radius 1 is 1.36 bits per heavy atom. The fraction of sp³-hybridized carbons (Fsp3) is 0.417. The van der Waals surface area contributed by atoms with Crippen molar-refractivity contribution in [3.8, 4) is 0 Å². The van der Waals surface area contributed by atoms with Gasteiger partial charge in [0.25, 0.3) is 0 Å². The van der Waals surface area contributed by atoms with Crippen LogP contribution in [0.2, 0.25) is 0 Å². The molecule has 1 aromatic rings. The fourth-order valence-electron chi connectivity index (χ4n) is 1.04. The van der Waals surface area contributed by atoms with Crippen molar-refractivity contribution in [3.05, 3.63) is 30.3 Å². The van der Waals surface area contributed by atoms with E-state index in [0.29, 0.717) is 11.5 Å². The van der Waals surface area contributed by atoms with E-state index in [9.17, 15) is 4.79 Å². The van der Waals surface area contributed by atoms with E-state index < -0.39 is 0 Å². The molecule has 1 aromatic carbocycles. The lowest BCUT2D eigenvalue weighted by molar-refractivity contribution is -0.119. The topological polar surface area (TPSA) is 17.1 Å². The summed E-state index contributed by atoms with van der Waals surface area (Å²) in [7, 11) is 0. The maximum absolute atomic E-state index is 11.5. The first-order chi connectivity index (χ1) is 6.74. The zero-order valence-electron chi connectivity index (χ0n) is 8.69. The third-order valence-electron chi connectivity index (χ3n) is 2.29. The molecule has 1 atom stereocenters. The highest BCUT2D eigenvalue weighted by Crippen LogP contribution is 2.18. The second kappa shape index (κ2) is 5.86. The fourth-order valence-corrected chi connectivity index (χ4v) is 1.98. The minimum atomic E-state index is 0.200. The van der Waals surface area contributed by atoms with Crippen LogP contribution in [0.1, 0.15) is 20.3 Å². The first-order valence-electron chi connectivity index (χ1n) is 4.94. The summed E-state index contributed by atoms with van der Waals surface area (Å²) < 4.78 is 0. The molecule has 76 valence electrons. The highest BCUT2D eigenvalue weighted by molar-refractivity contribution is 8.00. The molecule has 0 aliphatic heterocycles. The molecule has 0 spiro atoms. The molecule has 0 radical (unpaired) electrons. The molecule has 0 saturated heterocycles. The standard InChI is InChI=1S/C12H16OS/c1-3-10(2)12(13)9-14-11-7-5-4-6-8-11/h4-8,10H,3,9H2,1-2H3. The molecule has 0 heterocycles. The van der Waals surface area contributed by atoms with Gasteiger partial charge >= 0.3 is 0 Å². The summed E-state index contributed by atoms with van der Waals surface area (Å²) in [5.74, 6) is 1.14. The van der Waals surface area contributed by atoms with E-state index in [1.54, 1.807) is 11.8 Å². The number of carbonyl (C=O) groups excluding carboxylic acids is 1. The highest BCUT2D eigenvalue weighted by atomic mass is 32.2. The van der Waals surface area contributed by atoms with E-state index in [1.165, 1.54) is 4.90 Å². The molecule has 0 saturated carbocycles. The van der Waals surface area contributed by atoms with E-state index in [-0.39, 0.29) is 5.92 Å². The van der Waals surface area contributed by atoms with Crippen molar-refractivity contribution >= 4 is 17.5 Å². The van der Waals surface area contributed by atoms with Crippen molar-refractivity contribution in [2.75, 3.05) is 5.75 Å². The van der Waals surface area contributed by atoms with Crippen molar-refractivity contribution in [2.24, 2.45) is 5.92 Å². The van der Waals surface area contributed by atoms with Gasteiger partial charge < -0.3 is 0 Å². The van der Waals surface area contributed by atoms with Crippen molar-refractivity contribution in [1.29, 1.82) is 0 Å². The average molecular weight is 208 g/mol. The molecule has 0 aliphatic rings. The molecule has 0 fully saturated rings. The molecule has 1 nitrogen and oxygen atoms in total. The Balaban J connectivity index is 2.38. The Bertz CT molecular complexity index is 282. The molecule has 1 rings (SSSR count). The Hall–Kier alpha value is -0.760. The molecule has 0 bridgehead atoms. The predicted molar refractivity (Wildman–Crippen MR) is 61.6 cm³/mol.